The second kappa shape index (κ2) is 5.99. The topological polar surface area (TPSA) is 65.1 Å². The van der Waals surface area contributed by atoms with Gasteiger partial charge in [0, 0.05) is 19.2 Å². The van der Waals surface area contributed by atoms with Crippen molar-refractivity contribution in [3.63, 3.8) is 0 Å². The molecule has 112 valence electrons. The molecule has 0 saturated carbocycles. The van der Waals surface area contributed by atoms with E-state index in [-0.39, 0.29) is 16.7 Å². The number of methoxy groups -OCH3 is 2. The molecule has 1 aliphatic heterocycles. The third-order valence-corrected chi connectivity index (χ3v) is 5.10. The molecule has 1 heterocycles. The van der Waals surface area contributed by atoms with Crippen molar-refractivity contribution < 1.29 is 22.6 Å². The average Bonchev–Trinajstić information content (AvgIpc) is 2.46. The van der Waals surface area contributed by atoms with Crippen LogP contribution in [-0.4, -0.2) is 52.7 Å². The van der Waals surface area contributed by atoms with Crippen LogP contribution in [0.4, 0.5) is 0 Å². The van der Waals surface area contributed by atoms with Crippen LogP contribution >= 0.6 is 0 Å². The van der Waals surface area contributed by atoms with Gasteiger partial charge in [0.1, 0.15) is 16.4 Å². The molecule has 1 aromatic carbocycles. The van der Waals surface area contributed by atoms with Gasteiger partial charge in [-0.25, -0.2) is 8.42 Å². The summed E-state index contributed by atoms with van der Waals surface area (Å²) in [5, 5.41) is 0. The molecule has 0 aromatic heterocycles. The molecule has 1 aliphatic rings. The molecule has 0 bridgehead atoms. The van der Waals surface area contributed by atoms with Crippen LogP contribution in [0.5, 0.6) is 11.5 Å². The lowest BCUT2D eigenvalue weighted by Crippen LogP contribution is -2.44. The highest BCUT2D eigenvalue weighted by atomic mass is 32.2. The van der Waals surface area contributed by atoms with Gasteiger partial charge in [0.2, 0.25) is 10.0 Å². The minimum Gasteiger partial charge on any atom is -0.497 e. The molecule has 7 heteroatoms. The van der Waals surface area contributed by atoms with Crippen LogP contribution < -0.4 is 9.47 Å². The third-order valence-electron chi connectivity index (χ3n) is 3.19. The number of ether oxygens (including phenoxy) is 3. The predicted molar refractivity (Wildman–Crippen MR) is 73.7 cm³/mol. The van der Waals surface area contributed by atoms with Gasteiger partial charge < -0.3 is 14.2 Å². The minimum absolute atomic E-state index is 0.109. The van der Waals surface area contributed by atoms with Gasteiger partial charge in [-0.15, -0.1) is 0 Å². The van der Waals surface area contributed by atoms with Gasteiger partial charge >= 0.3 is 0 Å². The van der Waals surface area contributed by atoms with Crippen molar-refractivity contribution in [3.05, 3.63) is 18.2 Å². The zero-order valence-electron chi connectivity index (χ0n) is 11.8. The Morgan fingerprint density at radius 3 is 2.65 bits per heavy atom. The van der Waals surface area contributed by atoms with Crippen LogP contribution in [0.25, 0.3) is 0 Å². The molecular weight excluding hydrogens is 282 g/mol. The first-order valence-electron chi connectivity index (χ1n) is 6.33. The van der Waals surface area contributed by atoms with Gasteiger partial charge in [-0.05, 0) is 19.1 Å². The molecule has 1 aromatic rings. The van der Waals surface area contributed by atoms with Crippen molar-refractivity contribution in [2.75, 3.05) is 33.9 Å². The molecule has 0 aliphatic carbocycles. The fourth-order valence-electron chi connectivity index (χ4n) is 2.13. The number of morpholine rings is 1. The van der Waals surface area contributed by atoms with E-state index in [1.54, 1.807) is 12.1 Å². The zero-order valence-corrected chi connectivity index (χ0v) is 12.6. The number of hydrogen-bond donors (Lipinski definition) is 0. The Hall–Kier alpha value is -1.31. The van der Waals surface area contributed by atoms with Crippen molar-refractivity contribution in [1.29, 1.82) is 0 Å². The summed E-state index contributed by atoms with van der Waals surface area (Å²) in [4.78, 5) is 0.148. The van der Waals surface area contributed by atoms with E-state index in [0.29, 0.717) is 25.4 Å². The quantitative estimate of drug-likeness (QED) is 0.833. The number of hydrogen-bond acceptors (Lipinski definition) is 5. The molecule has 2 rings (SSSR count). The molecule has 6 nitrogen and oxygen atoms in total. The smallest absolute Gasteiger partial charge is 0.246 e. The number of rotatable bonds is 4. The van der Waals surface area contributed by atoms with Gasteiger partial charge in [0.15, 0.2) is 0 Å². The largest absolute Gasteiger partial charge is 0.497 e. The lowest BCUT2D eigenvalue weighted by atomic mass is 10.3. The maximum atomic E-state index is 12.7. The van der Waals surface area contributed by atoms with E-state index in [4.69, 9.17) is 14.2 Å². The normalized spacial score (nSPS) is 20.6. The van der Waals surface area contributed by atoms with Crippen molar-refractivity contribution >= 4 is 10.0 Å². The second-order valence-corrected chi connectivity index (χ2v) is 6.47. The summed E-state index contributed by atoms with van der Waals surface area (Å²) in [6, 6.07) is 4.68. The Morgan fingerprint density at radius 2 is 2.05 bits per heavy atom. The van der Waals surface area contributed by atoms with Crippen LogP contribution in [0.2, 0.25) is 0 Å². The van der Waals surface area contributed by atoms with Gasteiger partial charge in [-0.1, -0.05) is 0 Å². The van der Waals surface area contributed by atoms with Crippen molar-refractivity contribution in [3.8, 4) is 11.5 Å². The molecule has 0 unspecified atom stereocenters. The van der Waals surface area contributed by atoms with Gasteiger partial charge in [-0.3, -0.25) is 0 Å². The van der Waals surface area contributed by atoms with E-state index < -0.39 is 10.0 Å². The highest BCUT2D eigenvalue weighted by Crippen LogP contribution is 2.31. The Kier molecular flexibility index (Phi) is 4.52. The summed E-state index contributed by atoms with van der Waals surface area (Å²) < 4.78 is 42.4. The van der Waals surface area contributed by atoms with E-state index in [0.717, 1.165) is 0 Å². The Bertz CT molecular complexity index is 572. The molecule has 0 spiro atoms. The molecule has 1 saturated heterocycles. The standard InChI is InChI=1S/C13H19NO5S/c1-10-9-14(6-7-19-10)20(15,16)13-5-4-11(17-2)8-12(13)18-3/h4-5,8,10H,6-7,9H2,1-3H3/t10-/m1/s1. The molecular formula is C13H19NO5S. The lowest BCUT2D eigenvalue weighted by Gasteiger charge is -2.30. The lowest BCUT2D eigenvalue weighted by molar-refractivity contribution is 0.0101. The average molecular weight is 301 g/mol. The van der Waals surface area contributed by atoms with Crippen molar-refractivity contribution in [2.24, 2.45) is 0 Å². The number of benzene rings is 1. The zero-order chi connectivity index (χ0) is 14.8. The summed E-state index contributed by atoms with van der Waals surface area (Å²) >= 11 is 0. The van der Waals surface area contributed by atoms with Crippen LogP contribution in [0.3, 0.4) is 0 Å². The summed E-state index contributed by atoms with van der Waals surface area (Å²) in [6.45, 7) is 2.95. The first kappa shape index (κ1) is 15.1. The van der Waals surface area contributed by atoms with E-state index >= 15 is 0 Å². The summed E-state index contributed by atoms with van der Waals surface area (Å²) in [5.74, 6) is 0.833. The summed E-state index contributed by atoms with van der Waals surface area (Å²) in [6.07, 6.45) is -0.109. The first-order chi connectivity index (χ1) is 9.48. The predicted octanol–water partition coefficient (Wildman–Crippen LogP) is 1.11. The fourth-order valence-corrected chi connectivity index (χ4v) is 3.77. The highest BCUT2D eigenvalue weighted by Gasteiger charge is 2.31. The molecule has 1 fully saturated rings. The summed E-state index contributed by atoms with van der Waals surface area (Å²) in [7, 11) is -0.629. The van der Waals surface area contributed by atoms with E-state index in [1.165, 1.54) is 24.6 Å². The Labute approximate surface area is 119 Å². The molecule has 20 heavy (non-hydrogen) atoms. The van der Waals surface area contributed by atoms with E-state index in [2.05, 4.69) is 0 Å². The molecule has 1 atom stereocenters. The minimum atomic E-state index is -3.59. The Morgan fingerprint density at radius 1 is 1.30 bits per heavy atom. The number of nitrogens with zero attached hydrogens (tertiary/aromatic N) is 1. The monoisotopic (exact) mass is 301 g/mol. The van der Waals surface area contributed by atoms with Crippen LogP contribution in [0.15, 0.2) is 23.1 Å². The van der Waals surface area contributed by atoms with E-state index in [9.17, 15) is 8.42 Å². The Balaban J connectivity index is 2.38. The second-order valence-electron chi connectivity index (χ2n) is 4.56. The summed E-state index contributed by atoms with van der Waals surface area (Å²) in [5.41, 5.74) is 0. The SMILES string of the molecule is COc1ccc(S(=O)(=O)N2CCO[C@H](C)C2)c(OC)c1. The molecule has 0 amide bonds. The fraction of sp³-hybridized carbons (Fsp3) is 0.538. The van der Waals surface area contributed by atoms with Gasteiger partial charge in [0.05, 0.1) is 26.9 Å². The van der Waals surface area contributed by atoms with Crippen LogP contribution in [0, 0.1) is 0 Å². The van der Waals surface area contributed by atoms with E-state index in [1.807, 2.05) is 6.92 Å². The van der Waals surface area contributed by atoms with Gasteiger partial charge in [-0.2, -0.15) is 4.31 Å². The molecule has 0 N–H and O–H groups in total. The maximum absolute atomic E-state index is 12.7. The maximum Gasteiger partial charge on any atom is 0.246 e. The van der Waals surface area contributed by atoms with Crippen molar-refractivity contribution in [1.82, 2.24) is 4.31 Å². The van der Waals surface area contributed by atoms with Crippen LogP contribution in [0.1, 0.15) is 6.92 Å². The molecule has 0 radical (unpaired) electrons. The van der Waals surface area contributed by atoms with Crippen molar-refractivity contribution in [2.45, 2.75) is 17.9 Å². The first-order valence-corrected chi connectivity index (χ1v) is 7.77. The highest BCUT2D eigenvalue weighted by molar-refractivity contribution is 7.89. The van der Waals surface area contributed by atoms with Crippen LogP contribution in [-0.2, 0) is 14.8 Å². The van der Waals surface area contributed by atoms with Gasteiger partial charge in [0.25, 0.3) is 0 Å². The third kappa shape index (κ3) is 2.89. The number of sulfonamides is 1.